The third-order valence-corrected chi connectivity index (χ3v) is 5.24. The second-order valence-electron chi connectivity index (χ2n) is 6.19. The highest BCUT2D eigenvalue weighted by Gasteiger charge is 2.32. The lowest BCUT2D eigenvalue weighted by molar-refractivity contribution is 0.225. The van der Waals surface area contributed by atoms with Gasteiger partial charge >= 0.3 is 0 Å². The number of hydrogen-bond acceptors (Lipinski definition) is 3. The van der Waals surface area contributed by atoms with Crippen LogP contribution in [0.25, 0.3) is 0 Å². The van der Waals surface area contributed by atoms with Gasteiger partial charge in [0, 0.05) is 24.7 Å². The quantitative estimate of drug-likeness (QED) is 0.804. The minimum absolute atomic E-state index is 0.345. The van der Waals surface area contributed by atoms with E-state index in [1.165, 1.54) is 0 Å². The Kier molecular flexibility index (Phi) is 5.17. The van der Waals surface area contributed by atoms with Crippen LogP contribution in [0.4, 0.5) is 0 Å². The summed E-state index contributed by atoms with van der Waals surface area (Å²) in [7, 11) is -1.44. The number of piperidine rings is 1. The Labute approximate surface area is 112 Å². The minimum atomic E-state index is -3.36. The first kappa shape index (κ1) is 15.9. The Morgan fingerprint density at radius 2 is 1.94 bits per heavy atom. The topological polar surface area (TPSA) is 61.4 Å². The van der Waals surface area contributed by atoms with Gasteiger partial charge in [-0.05, 0) is 53.5 Å². The van der Waals surface area contributed by atoms with Gasteiger partial charge in [0.05, 0.1) is 0 Å². The van der Waals surface area contributed by atoms with E-state index in [0.717, 1.165) is 12.8 Å². The van der Waals surface area contributed by atoms with Crippen molar-refractivity contribution in [2.75, 3.05) is 20.1 Å². The predicted molar refractivity (Wildman–Crippen MR) is 74.6 cm³/mol. The highest BCUT2D eigenvalue weighted by atomic mass is 32.2. The van der Waals surface area contributed by atoms with Crippen molar-refractivity contribution < 1.29 is 8.42 Å². The van der Waals surface area contributed by atoms with Gasteiger partial charge in [0.2, 0.25) is 0 Å². The van der Waals surface area contributed by atoms with Crippen molar-refractivity contribution in [3.63, 3.8) is 0 Å². The minimum Gasteiger partial charge on any atom is -0.317 e. The molecule has 1 fully saturated rings. The number of rotatable bonds is 4. The Hall–Kier alpha value is -0.170. The van der Waals surface area contributed by atoms with Crippen molar-refractivity contribution in [2.24, 2.45) is 5.92 Å². The molecule has 0 radical (unpaired) electrons. The Bertz CT molecular complexity index is 362. The van der Waals surface area contributed by atoms with Crippen LogP contribution in [0, 0.1) is 5.92 Å². The summed E-state index contributed by atoms with van der Waals surface area (Å²) < 4.78 is 28.8. The zero-order chi connectivity index (χ0) is 14.0. The lowest BCUT2D eigenvalue weighted by Gasteiger charge is -2.36. The lowest BCUT2D eigenvalue weighted by atomic mass is 9.93. The molecule has 1 aliphatic heterocycles. The largest absolute Gasteiger partial charge is 0.317 e. The normalized spacial score (nSPS) is 25.1. The maximum absolute atomic E-state index is 12.3. The fourth-order valence-corrected chi connectivity index (χ4v) is 3.95. The molecule has 1 saturated heterocycles. The summed E-state index contributed by atoms with van der Waals surface area (Å²) in [6, 6.07) is 0.345. The smallest absolute Gasteiger partial charge is 0.279 e. The average Bonchev–Trinajstić information content (AvgIpc) is 2.25. The summed E-state index contributed by atoms with van der Waals surface area (Å²) in [5.41, 5.74) is -0.430. The second-order valence-corrected chi connectivity index (χ2v) is 7.87. The Morgan fingerprint density at radius 1 is 1.33 bits per heavy atom. The summed E-state index contributed by atoms with van der Waals surface area (Å²) in [4.78, 5) is 0. The molecule has 6 heteroatoms. The van der Waals surface area contributed by atoms with Crippen molar-refractivity contribution in [2.45, 2.75) is 52.1 Å². The molecule has 0 spiro atoms. The van der Waals surface area contributed by atoms with E-state index >= 15 is 0 Å². The van der Waals surface area contributed by atoms with E-state index in [4.69, 9.17) is 0 Å². The van der Waals surface area contributed by atoms with E-state index in [-0.39, 0.29) is 0 Å². The second kappa shape index (κ2) is 5.86. The summed E-state index contributed by atoms with van der Waals surface area (Å²) in [6.07, 6.45) is 2.02. The molecule has 1 heterocycles. The molecule has 18 heavy (non-hydrogen) atoms. The molecule has 1 rings (SSSR count). The monoisotopic (exact) mass is 277 g/mol. The van der Waals surface area contributed by atoms with Crippen LogP contribution in [0.2, 0.25) is 0 Å². The van der Waals surface area contributed by atoms with E-state index in [1.807, 2.05) is 27.8 Å². The molecular weight excluding hydrogens is 250 g/mol. The van der Waals surface area contributed by atoms with Gasteiger partial charge < -0.3 is 5.32 Å². The summed E-state index contributed by atoms with van der Waals surface area (Å²) >= 11 is 0. The molecule has 2 N–H and O–H groups in total. The van der Waals surface area contributed by atoms with E-state index in [0.29, 0.717) is 25.0 Å². The highest BCUT2D eigenvalue weighted by molar-refractivity contribution is 7.87. The van der Waals surface area contributed by atoms with Crippen LogP contribution >= 0.6 is 0 Å². The van der Waals surface area contributed by atoms with Gasteiger partial charge in [-0.25, -0.2) is 0 Å². The van der Waals surface area contributed by atoms with Crippen LogP contribution in [0.3, 0.4) is 0 Å². The lowest BCUT2D eigenvalue weighted by Crippen LogP contribution is -2.53. The molecule has 0 amide bonds. The molecule has 0 bridgehead atoms. The van der Waals surface area contributed by atoms with Crippen LogP contribution in [0.5, 0.6) is 0 Å². The van der Waals surface area contributed by atoms with Crippen LogP contribution in [-0.4, -0.2) is 44.4 Å². The van der Waals surface area contributed by atoms with Crippen molar-refractivity contribution in [1.82, 2.24) is 14.3 Å². The molecule has 108 valence electrons. The van der Waals surface area contributed by atoms with Gasteiger partial charge in [-0.2, -0.15) is 17.4 Å². The van der Waals surface area contributed by atoms with Gasteiger partial charge in [-0.15, -0.1) is 0 Å². The van der Waals surface area contributed by atoms with Crippen LogP contribution in [0.15, 0.2) is 0 Å². The van der Waals surface area contributed by atoms with E-state index < -0.39 is 15.7 Å². The first-order valence-electron chi connectivity index (χ1n) is 6.62. The summed E-state index contributed by atoms with van der Waals surface area (Å²) in [5, 5.41) is 3.21. The molecule has 0 aromatic carbocycles. The predicted octanol–water partition coefficient (Wildman–Crippen LogP) is 0.939. The standard InChI is InChI=1S/C12H27N3O2S/c1-10(13-5)11-7-6-8-15(9-11)18(16,17)14-12(2,3)4/h10-11,13-14H,6-9H2,1-5H3. The van der Waals surface area contributed by atoms with Gasteiger partial charge in [0.15, 0.2) is 0 Å². The van der Waals surface area contributed by atoms with E-state index in [9.17, 15) is 8.42 Å². The zero-order valence-corrected chi connectivity index (χ0v) is 13.0. The van der Waals surface area contributed by atoms with Crippen molar-refractivity contribution in [1.29, 1.82) is 0 Å². The van der Waals surface area contributed by atoms with Crippen LogP contribution < -0.4 is 10.0 Å². The first-order chi connectivity index (χ1) is 8.15. The Balaban J connectivity index is 2.72. The molecule has 5 nitrogen and oxygen atoms in total. The molecule has 1 aliphatic rings. The third-order valence-electron chi connectivity index (χ3n) is 3.36. The van der Waals surface area contributed by atoms with Crippen molar-refractivity contribution in [3.05, 3.63) is 0 Å². The SMILES string of the molecule is CNC(C)C1CCCN(S(=O)(=O)NC(C)(C)C)C1. The maximum Gasteiger partial charge on any atom is 0.279 e. The third kappa shape index (κ3) is 4.50. The molecule has 0 aliphatic carbocycles. The molecule has 0 aromatic heterocycles. The molecule has 0 aromatic rings. The number of nitrogens with zero attached hydrogens (tertiary/aromatic N) is 1. The van der Waals surface area contributed by atoms with Crippen molar-refractivity contribution >= 4 is 10.2 Å². The maximum atomic E-state index is 12.3. The molecular formula is C12H27N3O2S. The van der Waals surface area contributed by atoms with Gasteiger partial charge in [0.1, 0.15) is 0 Å². The Morgan fingerprint density at radius 3 is 2.44 bits per heavy atom. The highest BCUT2D eigenvalue weighted by Crippen LogP contribution is 2.22. The van der Waals surface area contributed by atoms with Gasteiger partial charge in [-0.3, -0.25) is 0 Å². The van der Waals surface area contributed by atoms with Crippen molar-refractivity contribution in [3.8, 4) is 0 Å². The van der Waals surface area contributed by atoms with Gasteiger partial charge in [0.25, 0.3) is 10.2 Å². The first-order valence-corrected chi connectivity index (χ1v) is 8.06. The van der Waals surface area contributed by atoms with E-state index in [2.05, 4.69) is 17.0 Å². The molecule has 0 saturated carbocycles. The number of nitrogens with one attached hydrogen (secondary N) is 2. The van der Waals surface area contributed by atoms with Crippen LogP contribution in [-0.2, 0) is 10.2 Å². The van der Waals surface area contributed by atoms with Gasteiger partial charge in [-0.1, -0.05) is 0 Å². The van der Waals surface area contributed by atoms with E-state index in [1.54, 1.807) is 4.31 Å². The summed E-state index contributed by atoms with van der Waals surface area (Å²) in [5.74, 6) is 0.389. The zero-order valence-electron chi connectivity index (χ0n) is 12.2. The fraction of sp³-hybridized carbons (Fsp3) is 1.00. The van der Waals surface area contributed by atoms with Crippen LogP contribution in [0.1, 0.15) is 40.5 Å². The fourth-order valence-electron chi connectivity index (χ4n) is 2.29. The summed E-state index contributed by atoms with van der Waals surface area (Å²) in [6.45, 7) is 8.93. The molecule has 2 atom stereocenters. The molecule has 2 unspecified atom stereocenters. The average molecular weight is 277 g/mol. The number of hydrogen-bond donors (Lipinski definition) is 2.